The maximum Gasteiger partial charge on any atom is 0.410 e. The molecular weight excluding hydrogens is 240 g/mol. The number of carbonyl (C=O) groups excluding carboxylic acids is 1. The molecule has 1 saturated carbocycles. The van der Waals surface area contributed by atoms with Crippen LogP contribution in [0.2, 0.25) is 0 Å². The van der Waals surface area contributed by atoms with Gasteiger partial charge in [0, 0.05) is 13.1 Å². The fourth-order valence-electron chi connectivity index (χ4n) is 3.94. The molecule has 2 aliphatic heterocycles. The van der Waals surface area contributed by atoms with Crippen LogP contribution in [0.3, 0.4) is 0 Å². The molecule has 19 heavy (non-hydrogen) atoms. The van der Waals surface area contributed by atoms with Crippen molar-refractivity contribution in [3.05, 3.63) is 0 Å². The molecule has 108 valence electrons. The van der Waals surface area contributed by atoms with Gasteiger partial charge in [-0.05, 0) is 70.4 Å². The summed E-state index contributed by atoms with van der Waals surface area (Å²) in [6.45, 7) is 9.96. The van der Waals surface area contributed by atoms with Crippen molar-refractivity contribution in [1.29, 1.82) is 0 Å². The van der Waals surface area contributed by atoms with Gasteiger partial charge in [0.2, 0.25) is 0 Å². The third-order valence-electron chi connectivity index (χ3n) is 5.16. The lowest BCUT2D eigenvalue weighted by molar-refractivity contribution is -0.0270. The zero-order valence-corrected chi connectivity index (χ0v) is 12.4. The number of carbonyl (C=O) groups is 1. The second-order valence-corrected chi connectivity index (χ2v) is 7.58. The normalized spacial score (nSPS) is 35.1. The molecule has 1 spiro atoms. The maximum atomic E-state index is 12.1. The Labute approximate surface area is 115 Å². The minimum Gasteiger partial charge on any atom is -0.444 e. The van der Waals surface area contributed by atoms with Gasteiger partial charge in [-0.25, -0.2) is 4.79 Å². The van der Waals surface area contributed by atoms with Gasteiger partial charge in [-0.15, -0.1) is 0 Å². The van der Waals surface area contributed by atoms with E-state index in [-0.39, 0.29) is 11.7 Å². The van der Waals surface area contributed by atoms with E-state index < -0.39 is 0 Å². The van der Waals surface area contributed by atoms with Crippen LogP contribution >= 0.6 is 0 Å². The van der Waals surface area contributed by atoms with E-state index in [1.54, 1.807) is 0 Å². The molecule has 3 fully saturated rings. The van der Waals surface area contributed by atoms with Crippen LogP contribution in [0.5, 0.6) is 0 Å². The number of ether oxygens (including phenoxy) is 1. The minimum atomic E-state index is -0.385. The summed E-state index contributed by atoms with van der Waals surface area (Å²) in [6, 6.07) is 0. The Morgan fingerprint density at radius 2 is 2.05 bits per heavy atom. The Kier molecular flexibility index (Phi) is 3.04. The van der Waals surface area contributed by atoms with E-state index in [4.69, 9.17) is 4.74 Å². The van der Waals surface area contributed by atoms with Gasteiger partial charge in [0.25, 0.3) is 0 Å². The molecule has 2 heterocycles. The average molecular weight is 266 g/mol. The zero-order valence-electron chi connectivity index (χ0n) is 12.4. The molecule has 3 rings (SSSR count). The predicted molar refractivity (Wildman–Crippen MR) is 73.9 cm³/mol. The first-order chi connectivity index (χ1) is 8.90. The highest BCUT2D eigenvalue weighted by Crippen LogP contribution is 2.56. The van der Waals surface area contributed by atoms with Crippen LogP contribution in [-0.2, 0) is 4.74 Å². The molecule has 0 aromatic rings. The molecule has 4 heteroatoms. The first-order valence-electron chi connectivity index (χ1n) is 7.58. The van der Waals surface area contributed by atoms with E-state index in [0.717, 1.165) is 24.9 Å². The summed E-state index contributed by atoms with van der Waals surface area (Å²) in [6.07, 6.45) is 3.71. The van der Waals surface area contributed by atoms with E-state index in [1.807, 2.05) is 25.7 Å². The maximum absolute atomic E-state index is 12.1. The lowest BCUT2D eigenvalue weighted by Crippen LogP contribution is -2.56. The zero-order chi connectivity index (χ0) is 13.7. The van der Waals surface area contributed by atoms with Crippen LogP contribution < -0.4 is 5.32 Å². The first kappa shape index (κ1) is 13.2. The van der Waals surface area contributed by atoms with Gasteiger partial charge in [-0.3, -0.25) is 0 Å². The van der Waals surface area contributed by atoms with Crippen molar-refractivity contribution in [2.45, 2.75) is 45.6 Å². The van der Waals surface area contributed by atoms with E-state index in [9.17, 15) is 4.79 Å². The predicted octanol–water partition coefficient (Wildman–Crippen LogP) is 2.24. The molecule has 1 unspecified atom stereocenters. The number of amides is 1. The summed E-state index contributed by atoms with van der Waals surface area (Å²) >= 11 is 0. The number of hydrogen-bond donors (Lipinski definition) is 1. The molecule has 0 radical (unpaired) electrons. The van der Waals surface area contributed by atoms with Gasteiger partial charge in [-0.2, -0.15) is 0 Å². The van der Waals surface area contributed by atoms with Crippen molar-refractivity contribution >= 4 is 6.09 Å². The summed E-state index contributed by atoms with van der Waals surface area (Å²) < 4.78 is 5.49. The highest BCUT2D eigenvalue weighted by atomic mass is 16.6. The van der Waals surface area contributed by atoms with Crippen molar-refractivity contribution in [3.63, 3.8) is 0 Å². The van der Waals surface area contributed by atoms with Gasteiger partial charge in [-0.1, -0.05) is 0 Å². The summed E-state index contributed by atoms with van der Waals surface area (Å²) in [5, 5.41) is 3.38. The summed E-state index contributed by atoms with van der Waals surface area (Å²) in [7, 11) is 0. The topological polar surface area (TPSA) is 41.6 Å². The van der Waals surface area contributed by atoms with Crippen molar-refractivity contribution in [3.8, 4) is 0 Å². The molecular formula is C15H26N2O2. The Hall–Kier alpha value is -0.770. The Balaban J connectivity index is 1.59. The van der Waals surface area contributed by atoms with Crippen molar-refractivity contribution in [1.82, 2.24) is 10.2 Å². The lowest BCUT2D eigenvalue weighted by Gasteiger charge is -2.53. The second kappa shape index (κ2) is 4.37. The van der Waals surface area contributed by atoms with Gasteiger partial charge in [0.15, 0.2) is 0 Å². The highest BCUT2D eigenvalue weighted by molar-refractivity contribution is 5.68. The van der Waals surface area contributed by atoms with E-state index >= 15 is 0 Å². The minimum absolute atomic E-state index is 0.123. The van der Waals surface area contributed by atoms with Crippen molar-refractivity contribution in [2.24, 2.45) is 17.3 Å². The number of rotatable bonds is 1. The monoisotopic (exact) mass is 266 g/mol. The Morgan fingerprint density at radius 1 is 1.32 bits per heavy atom. The Morgan fingerprint density at radius 3 is 2.53 bits per heavy atom. The summed E-state index contributed by atoms with van der Waals surface area (Å²) in [5.41, 5.74) is 0.0351. The smallest absolute Gasteiger partial charge is 0.410 e. The molecule has 1 N–H and O–H groups in total. The molecule has 0 aromatic heterocycles. The summed E-state index contributed by atoms with van der Waals surface area (Å²) in [5.74, 6) is 1.69. The third-order valence-corrected chi connectivity index (χ3v) is 5.16. The van der Waals surface area contributed by atoms with E-state index in [1.165, 1.54) is 32.4 Å². The van der Waals surface area contributed by atoms with Crippen molar-refractivity contribution in [2.75, 3.05) is 26.2 Å². The molecule has 1 amide bonds. The van der Waals surface area contributed by atoms with Crippen LogP contribution in [0.15, 0.2) is 0 Å². The van der Waals surface area contributed by atoms with Gasteiger partial charge < -0.3 is 15.0 Å². The number of nitrogens with one attached hydrogen (secondary N) is 1. The molecule has 2 saturated heterocycles. The molecule has 1 aliphatic carbocycles. The van der Waals surface area contributed by atoms with E-state index in [2.05, 4.69) is 5.32 Å². The van der Waals surface area contributed by atoms with Gasteiger partial charge >= 0.3 is 6.09 Å². The van der Waals surface area contributed by atoms with Crippen LogP contribution in [0.1, 0.15) is 40.0 Å². The molecule has 3 aliphatic rings. The standard InChI is InChI=1S/C15H26N2O2/c1-14(2,3)19-13(18)17-7-6-15(10-17)5-4-12(15)11-8-16-9-11/h11-12,16H,4-10H2,1-3H3/t12?,15-/m0/s1. The number of hydrogen-bond acceptors (Lipinski definition) is 3. The number of nitrogens with zero attached hydrogens (tertiary/aromatic N) is 1. The molecule has 4 nitrogen and oxygen atoms in total. The highest BCUT2D eigenvalue weighted by Gasteiger charge is 2.55. The molecule has 2 atom stereocenters. The van der Waals surface area contributed by atoms with Crippen LogP contribution in [-0.4, -0.2) is 42.8 Å². The molecule has 0 bridgehead atoms. The quantitative estimate of drug-likeness (QED) is 0.791. The largest absolute Gasteiger partial charge is 0.444 e. The molecule has 0 aromatic carbocycles. The van der Waals surface area contributed by atoms with E-state index in [0.29, 0.717) is 5.41 Å². The second-order valence-electron chi connectivity index (χ2n) is 7.58. The van der Waals surface area contributed by atoms with Crippen molar-refractivity contribution < 1.29 is 9.53 Å². The van der Waals surface area contributed by atoms with Gasteiger partial charge in [0.05, 0.1) is 0 Å². The van der Waals surface area contributed by atoms with Crippen LogP contribution in [0.4, 0.5) is 4.79 Å². The fraction of sp³-hybridized carbons (Fsp3) is 0.933. The summed E-state index contributed by atoms with van der Waals surface area (Å²) in [4.78, 5) is 14.1. The van der Waals surface area contributed by atoms with Crippen LogP contribution in [0.25, 0.3) is 0 Å². The first-order valence-corrected chi connectivity index (χ1v) is 7.58. The Bertz CT molecular complexity index is 373. The number of likely N-dealkylation sites (tertiary alicyclic amines) is 1. The lowest BCUT2D eigenvalue weighted by atomic mass is 9.54. The van der Waals surface area contributed by atoms with Crippen LogP contribution in [0, 0.1) is 17.3 Å². The average Bonchev–Trinajstić information content (AvgIpc) is 2.66. The third kappa shape index (κ3) is 2.35. The SMILES string of the molecule is CC(C)(C)OC(=O)N1CC[C@@]2(CCC2C2CNC2)C1. The fourth-order valence-corrected chi connectivity index (χ4v) is 3.94. The van der Waals surface area contributed by atoms with Gasteiger partial charge in [0.1, 0.15) is 5.60 Å².